The van der Waals surface area contributed by atoms with E-state index < -0.39 is 29.3 Å². The van der Waals surface area contributed by atoms with Crippen LogP contribution in [-0.4, -0.2) is 38.7 Å². The maximum atomic E-state index is 12.7. The molecule has 1 aliphatic heterocycles. The Morgan fingerprint density at radius 2 is 1.96 bits per heavy atom. The van der Waals surface area contributed by atoms with Crippen molar-refractivity contribution in [2.75, 3.05) is 6.54 Å². The molecule has 2 aromatic rings. The van der Waals surface area contributed by atoms with Crippen molar-refractivity contribution in [2.24, 2.45) is 0 Å². The third-order valence-corrected chi connectivity index (χ3v) is 4.92. The standard InChI is InChI=1S/C21H22N2O4S/c1-5-10-22-12-14(15-8-6-7-9-16(15)22)11-17-19(25)23(20(26)28-17)13-18(24)27-21(2,3)4/h5-9,11-12H,1,10,13H2,2-4H3/b17-11+. The van der Waals surface area contributed by atoms with Crippen molar-refractivity contribution in [1.29, 1.82) is 0 Å². The average molecular weight is 398 g/mol. The van der Waals surface area contributed by atoms with Crippen molar-refractivity contribution in [2.45, 2.75) is 32.9 Å². The molecule has 0 aliphatic carbocycles. The summed E-state index contributed by atoms with van der Waals surface area (Å²) in [6.45, 7) is 9.21. The van der Waals surface area contributed by atoms with Gasteiger partial charge in [-0.05, 0) is 44.7 Å². The van der Waals surface area contributed by atoms with Gasteiger partial charge < -0.3 is 9.30 Å². The third kappa shape index (κ3) is 4.20. The number of rotatable bonds is 5. The van der Waals surface area contributed by atoms with Crippen LogP contribution < -0.4 is 0 Å². The van der Waals surface area contributed by atoms with Crippen LogP contribution in [0, 0.1) is 0 Å². The normalized spacial score (nSPS) is 16.2. The molecule has 6 nitrogen and oxygen atoms in total. The van der Waals surface area contributed by atoms with E-state index in [0.717, 1.165) is 33.1 Å². The van der Waals surface area contributed by atoms with Gasteiger partial charge in [-0.15, -0.1) is 6.58 Å². The Balaban J connectivity index is 1.87. The molecule has 0 bridgehead atoms. The zero-order valence-electron chi connectivity index (χ0n) is 16.1. The van der Waals surface area contributed by atoms with E-state index in [4.69, 9.17) is 4.74 Å². The van der Waals surface area contributed by atoms with E-state index in [-0.39, 0.29) is 4.91 Å². The minimum Gasteiger partial charge on any atom is -0.459 e. The van der Waals surface area contributed by atoms with Gasteiger partial charge in [0.2, 0.25) is 0 Å². The summed E-state index contributed by atoms with van der Waals surface area (Å²) in [7, 11) is 0. The Bertz CT molecular complexity index is 997. The molecule has 0 atom stereocenters. The number of hydrogen-bond acceptors (Lipinski definition) is 5. The minimum atomic E-state index is -0.679. The summed E-state index contributed by atoms with van der Waals surface area (Å²) in [6, 6.07) is 7.82. The first-order valence-corrected chi connectivity index (χ1v) is 9.67. The molecule has 2 heterocycles. The molecule has 0 radical (unpaired) electrons. The molecule has 1 aromatic heterocycles. The maximum absolute atomic E-state index is 12.7. The van der Waals surface area contributed by atoms with Crippen LogP contribution in [0.5, 0.6) is 0 Å². The molecule has 0 spiro atoms. The molecule has 0 unspecified atom stereocenters. The van der Waals surface area contributed by atoms with E-state index in [1.165, 1.54) is 0 Å². The van der Waals surface area contributed by atoms with Gasteiger partial charge in [-0.3, -0.25) is 19.3 Å². The fraction of sp³-hybridized carbons (Fsp3) is 0.286. The maximum Gasteiger partial charge on any atom is 0.326 e. The molecular weight excluding hydrogens is 376 g/mol. The summed E-state index contributed by atoms with van der Waals surface area (Å²) in [4.78, 5) is 38.2. The molecule has 3 rings (SSSR count). The molecule has 0 saturated carbocycles. The van der Waals surface area contributed by atoms with Crippen LogP contribution in [0.4, 0.5) is 4.79 Å². The number of allylic oxidation sites excluding steroid dienone is 1. The second-order valence-corrected chi connectivity index (χ2v) is 8.39. The first-order chi connectivity index (χ1) is 13.2. The predicted octanol–water partition coefficient (Wildman–Crippen LogP) is 4.21. The van der Waals surface area contributed by atoms with Crippen LogP contribution in [0.3, 0.4) is 0 Å². The van der Waals surface area contributed by atoms with E-state index in [0.29, 0.717) is 6.54 Å². The second kappa shape index (κ2) is 7.67. The number of amides is 2. The molecule has 2 amide bonds. The van der Waals surface area contributed by atoms with Gasteiger partial charge in [-0.25, -0.2) is 0 Å². The molecule has 7 heteroatoms. The molecule has 1 aromatic carbocycles. The highest BCUT2D eigenvalue weighted by molar-refractivity contribution is 8.18. The topological polar surface area (TPSA) is 68.6 Å². The lowest BCUT2D eigenvalue weighted by Gasteiger charge is -2.21. The molecule has 1 saturated heterocycles. The largest absolute Gasteiger partial charge is 0.459 e. The second-order valence-electron chi connectivity index (χ2n) is 7.40. The summed E-state index contributed by atoms with van der Waals surface area (Å²) in [5.41, 5.74) is 1.17. The Labute approximate surface area is 167 Å². The highest BCUT2D eigenvalue weighted by atomic mass is 32.2. The zero-order valence-corrected chi connectivity index (χ0v) is 16.9. The van der Waals surface area contributed by atoms with Gasteiger partial charge in [0.25, 0.3) is 11.1 Å². The van der Waals surface area contributed by atoms with Crippen molar-refractivity contribution in [3.63, 3.8) is 0 Å². The monoisotopic (exact) mass is 398 g/mol. The molecular formula is C21H22N2O4S. The van der Waals surface area contributed by atoms with Crippen LogP contribution in [0.1, 0.15) is 26.3 Å². The van der Waals surface area contributed by atoms with Crippen LogP contribution in [0.2, 0.25) is 0 Å². The quantitative estimate of drug-likeness (QED) is 0.429. The van der Waals surface area contributed by atoms with Crippen molar-refractivity contribution in [3.8, 4) is 0 Å². The fourth-order valence-electron chi connectivity index (χ4n) is 2.96. The number of fused-ring (bicyclic) bond motifs is 1. The third-order valence-electron chi connectivity index (χ3n) is 4.01. The van der Waals surface area contributed by atoms with Gasteiger partial charge in [-0.2, -0.15) is 0 Å². The Morgan fingerprint density at radius 3 is 2.64 bits per heavy atom. The summed E-state index contributed by atoms with van der Waals surface area (Å²) in [5.74, 6) is -1.10. The molecule has 28 heavy (non-hydrogen) atoms. The lowest BCUT2D eigenvalue weighted by Crippen LogP contribution is -2.37. The Hall–Kier alpha value is -2.80. The van der Waals surface area contributed by atoms with Crippen LogP contribution in [0.25, 0.3) is 17.0 Å². The van der Waals surface area contributed by atoms with Gasteiger partial charge in [0.1, 0.15) is 12.1 Å². The number of carbonyl (C=O) groups excluding carboxylic acids is 3. The van der Waals surface area contributed by atoms with Crippen molar-refractivity contribution in [1.82, 2.24) is 9.47 Å². The number of carbonyl (C=O) groups is 3. The van der Waals surface area contributed by atoms with E-state index in [1.807, 2.05) is 35.0 Å². The summed E-state index contributed by atoms with van der Waals surface area (Å²) >= 11 is 0.829. The van der Waals surface area contributed by atoms with E-state index in [9.17, 15) is 14.4 Å². The fourth-order valence-corrected chi connectivity index (χ4v) is 3.79. The summed E-state index contributed by atoms with van der Waals surface area (Å²) < 4.78 is 7.24. The number of ether oxygens (including phenoxy) is 1. The average Bonchev–Trinajstić information content (AvgIpc) is 3.07. The van der Waals surface area contributed by atoms with Crippen molar-refractivity contribution < 1.29 is 19.1 Å². The SMILES string of the molecule is C=CCn1cc(/C=C2/SC(=O)N(CC(=O)OC(C)(C)C)C2=O)c2ccccc21. The lowest BCUT2D eigenvalue weighted by molar-refractivity contribution is -0.156. The number of imide groups is 1. The number of thioether (sulfide) groups is 1. The first kappa shape index (κ1) is 19.9. The predicted molar refractivity (Wildman–Crippen MR) is 111 cm³/mol. The van der Waals surface area contributed by atoms with E-state index in [2.05, 4.69) is 6.58 Å². The molecule has 0 N–H and O–H groups in total. The summed E-state index contributed by atoms with van der Waals surface area (Å²) in [5, 5.41) is 0.500. The highest BCUT2D eigenvalue weighted by Gasteiger charge is 2.37. The number of esters is 1. The number of hydrogen-bond donors (Lipinski definition) is 0. The number of nitrogens with zero attached hydrogens (tertiary/aromatic N) is 2. The van der Waals surface area contributed by atoms with Crippen LogP contribution in [0.15, 0.2) is 48.0 Å². The van der Waals surface area contributed by atoms with Gasteiger partial charge in [0, 0.05) is 29.2 Å². The molecule has 1 fully saturated rings. The lowest BCUT2D eigenvalue weighted by atomic mass is 10.1. The van der Waals surface area contributed by atoms with Crippen LogP contribution in [-0.2, 0) is 20.9 Å². The molecule has 1 aliphatic rings. The minimum absolute atomic E-state index is 0.287. The number of benzene rings is 1. The highest BCUT2D eigenvalue weighted by Crippen LogP contribution is 2.34. The first-order valence-electron chi connectivity index (χ1n) is 8.85. The smallest absolute Gasteiger partial charge is 0.326 e. The Kier molecular flexibility index (Phi) is 5.47. The van der Waals surface area contributed by atoms with Crippen molar-refractivity contribution in [3.05, 3.63) is 53.6 Å². The van der Waals surface area contributed by atoms with Gasteiger partial charge in [0.05, 0.1) is 4.91 Å². The van der Waals surface area contributed by atoms with E-state index >= 15 is 0 Å². The van der Waals surface area contributed by atoms with Gasteiger partial charge in [-0.1, -0.05) is 24.3 Å². The Morgan fingerprint density at radius 1 is 1.25 bits per heavy atom. The van der Waals surface area contributed by atoms with Crippen LogP contribution >= 0.6 is 11.8 Å². The molecule has 146 valence electrons. The van der Waals surface area contributed by atoms with Crippen molar-refractivity contribution >= 4 is 45.9 Å². The van der Waals surface area contributed by atoms with Gasteiger partial charge >= 0.3 is 5.97 Å². The van der Waals surface area contributed by atoms with E-state index in [1.54, 1.807) is 32.9 Å². The summed E-state index contributed by atoms with van der Waals surface area (Å²) in [6.07, 6.45) is 5.42. The number of aromatic nitrogens is 1. The number of para-hydroxylation sites is 1. The van der Waals surface area contributed by atoms with Gasteiger partial charge in [0.15, 0.2) is 0 Å². The zero-order chi connectivity index (χ0) is 20.5.